The fourth-order valence-electron chi connectivity index (χ4n) is 4.47. The van der Waals surface area contributed by atoms with Gasteiger partial charge in [-0.2, -0.15) is 9.61 Å². The van der Waals surface area contributed by atoms with E-state index in [2.05, 4.69) is 32.0 Å². The van der Waals surface area contributed by atoms with E-state index < -0.39 is 0 Å². The number of fused-ring (bicyclic) bond motifs is 2. The molecule has 3 heterocycles. The van der Waals surface area contributed by atoms with Gasteiger partial charge in [-0.1, -0.05) is 30.3 Å². The number of hydrogen-bond donors (Lipinski definition) is 1. The SMILES string of the molecule is CCn1c2c(c(=O)n3ncc(C(=O)NCCCOC(C)C)c13)CN(Cc1ccccc1)CC2. The first kappa shape index (κ1) is 23.2. The van der Waals surface area contributed by atoms with Crippen LogP contribution in [0.25, 0.3) is 5.65 Å². The minimum absolute atomic E-state index is 0.133. The number of nitrogens with zero attached hydrogens (tertiary/aromatic N) is 4. The molecule has 176 valence electrons. The highest BCUT2D eigenvalue weighted by Gasteiger charge is 2.27. The van der Waals surface area contributed by atoms with Gasteiger partial charge in [-0.05, 0) is 32.8 Å². The van der Waals surface area contributed by atoms with Crippen LogP contribution in [-0.2, 0) is 30.8 Å². The molecule has 0 spiro atoms. The maximum absolute atomic E-state index is 13.4. The summed E-state index contributed by atoms with van der Waals surface area (Å²) in [5, 5.41) is 7.25. The molecule has 8 heteroatoms. The standard InChI is InChI=1S/C25H33N5O3/c1-4-29-22-11-13-28(16-19-9-6-5-7-10-19)17-21(22)25(32)30-24(29)20(15-27-30)23(31)26-12-8-14-33-18(2)3/h5-7,9-10,15,18H,4,8,11-14,16-17H2,1-3H3,(H,26,31). The fourth-order valence-corrected chi connectivity index (χ4v) is 4.47. The molecular weight excluding hydrogens is 418 g/mol. The molecule has 0 bridgehead atoms. The van der Waals surface area contributed by atoms with Gasteiger partial charge in [-0.3, -0.25) is 14.5 Å². The summed E-state index contributed by atoms with van der Waals surface area (Å²) < 4.78 is 9.01. The average Bonchev–Trinajstić information content (AvgIpc) is 3.25. The lowest BCUT2D eigenvalue weighted by Crippen LogP contribution is -2.38. The number of carbonyl (C=O) groups is 1. The first-order valence-electron chi connectivity index (χ1n) is 11.8. The summed E-state index contributed by atoms with van der Waals surface area (Å²) in [4.78, 5) is 28.5. The topological polar surface area (TPSA) is 80.9 Å². The summed E-state index contributed by atoms with van der Waals surface area (Å²) in [5.41, 5.74) is 3.90. The Morgan fingerprint density at radius 3 is 2.76 bits per heavy atom. The molecule has 3 aromatic rings. The highest BCUT2D eigenvalue weighted by Crippen LogP contribution is 2.22. The molecule has 0 aliphatic carbocycles. The van der Waals surface area contributed by atoms with Crippen LogP contribution in [0.15, 0.2) is 41.3 Å². The van der Waals surface area contributed by atoms with Crippen LogP contribution in [0.2, 0.25) is 0 Å². The van der Waals surface area contributed by atoms with Gasteiger partial charge in [0.25, 0.3) is 11.5 Å². The molecule has 1 aromatic carbocycles. The van der Waals surface area contributed by atoms with Crippen molar-refractivity contribution in [2.24, 2.45) is 0 Å². The predicted molar refractivity (Wildman–Crippen MR) is 127 cm³/mol. The molecule has 33 heavy (non-hydrogen) atoms. The van der Waals surface area contributed by atoms with Gasteiger partial charge in [-0.25, -0.2) is 0 Å². The Morgan fingerprint density at radius 2 is 2.03 bits per heavy atom. The van der Waals surface area contributed by atoms with E-state index in [1.54, 1.807) is 0 Å². The number of carbonyl (C=O) groups excluding carboxylic acids is 1. The molecule has 0 radical (unpaired) electrons. The summed E-state index contributed by atoms with van der Waals surface area (Å²) in [6.07, 6.45) is 3.18. The number of rotatable bonds is 9. The molecule has 1 N–H and O–H groups in total. The smallest absolute Gasteiger partial charge is 0.279 e. The molecule has 2 aromatic heterocycles. The lowest BCUT2D eigenvalue weighted by molar-refractivity contribution is 0.0757. The maximum atomic E-state index is 13.4. The molecule has 1 aliphatic rings. The molecule has 0 saturated heterocycles. The molecule has 1 amide bonds. The summed E-state index contributed by atoms with van der Waals surface area (Å²) in [6, 6.07) is 10.3. The van der Waals surface area contributed by atoms with Crippen molar-refractivity contribution in [3.8, 4) is 0 Å². The van der Waals surface area contributed by atoms with Gasteiger partial charge in [0.15, 0.2) is 5.65 Å². The lowest BCUT2D eigenvalue weighted by Gasteiger charge is -2.30. The van der Waals surface area contributed by atoms with Gasteiger partial charge in [0, 0.05) is 51.4 Å². The first-order valence-corrected chi connectivity index (χ1v) is 11.8. The zero-order valence-corrected chi connectivity index (χ0v) is 19.7. The van der Waals surface area contributed by atoms with Crippen molar-refractivity contribution in [2.75, 3.05) is 19.7 Å². The van der Waals surface area contributed by atoms with Crippen molar-refractivity contribution in [3.63, 3.8) is 0 Å². The van der Waals surface area contributed by atoms with Gasteiger partial charge in [-0.15, -0.1) is 0 Å². The Hall–Kier alpha value is -2.97. The van der Waals surface area contributed by atoms with Crippen molar-refractivity contribution in [1.29, 1.82) is 0 Å². The van der Waals surface area contributed by atoms with Gasteiger partial charge in [0.2, 0.25) is 0 Å². The molecule has 4 rings (SSSR count). The van der Waals surface area contributed by atoms with Crippen LogP contribution in [0.1, 0.15) is 54.4 Å². The third-order valence-electron chi connectivity index (χ3n) is 6.04. The molecule has 0 fully saturated rings. The normalized spacial score (nSPS) is 14.1. The van der Waals surface area contributed by atoms with Crippen molar-refractivity contribution in [2.45, 2.75) is 59.4 Å². The Bertz CT molecular complexity index is 1170. The summed E-state index contributed by atoms with van der Waals surface area (Å²) in [5.74, 6) is -0.211. The van der Waals surface area contributed by atoms with E-state index in [1.165, 1.54) is 16.3 Å². The van der Waals surface area contributed by atoms with Crippen LogP contribution in [-0.4, -0.2) is 50.8 Å². The molecule has 0 unspecified atom stereocenters. The van der Waals surface area contributed by atoms with Gasteiger partial charge < -0.3 is 14.6 Å². The Morgan fingerprint density at radius 1 is 1.24 bits per heavy atom. The molecule has 1 aliphatic heterocycles. The lowest BCUT2D eigenvalue weighted by atomic mass is 10.0. The Balaban J connectivity index is 1.57. The molecule has 8 nitrogen and oxygen atoms in total. The minimum Gasteiger partial charge on any atom is -0.379 e. The summed E-state index contributed by atoms with van der Waals surface area (Å²) in [7, 11) is 0. The van der Waals surface area contributed by atoms with E-state index in [0.717, 1.165) is 37.2 Å². The summed E-state index contributed by atoms with van der Waals surface area (Å²) in [6.45, 7) is 10.0. The number of hydrogen-bond acceptors (Lipinski definition) is 5. The third-order valence-corrected chi connectivity index (χ3v) is 6.04. The van der Waals surface area contributed by atoms with Crippen molar-refractivity contribution in [3.05, 3.63) is 69.3 Å². The first-order chi connectivity index (χ1) is 16.0. The fraction of sp³-hybridized carbons (Fsp3) is 0.480. The van der Waals surface area contributed by atoms with E-state index in [1.807, 2.05) is 39.0 Å². The predicted octanol–water partition coefficient (Wildman–Crippen LogP) is 2.62. The second-order valence-corrected chi connectivity index (χ2v) is 8.74. The van der Waals surface area contributed by atoms with Crippen LogP contribution < -0.4 is 10.9 Å². The minimum atomic E-state index is -0.211. The Kier molecular flexibility index (Phi) is 7.25. The van der Waals surface area contributed by atoms with Gasteiger partial charge in [0.05, 0.1) is 17.9 Å². The second kappa shape index (κ2) is 10.3. The zero-order valence-electron chi connectivity index (χ0n) is 19.7. The van der Waals surface area contributed by atoms with Crippen molar-refractivity contribution in [1.82, 2.24) is 24.4 Å². The number of benzene rings is 1. The van der Waals surface area contributed by atoms with E-state index in [9.17, 15) is 9.59 Å². The molecular formula is C25H33N5O3. The van der Waals surface area contributed by atoms with Crippen molar-refractivity contribution < 1.29 is 9.53 Å². The number of ether oxygens (including phenoxy) is 1. The number of amides is 1. The highest BCUT2D eigenvalue weighted by atomic mass is 16.5. The van der Waals surface area contributed by atoms with Crippen LogP contribution in [0, 0.1) is 0 Å². The number of aryl methyl sites for hydroxylation is 1. The van der Waals surface area contributed by atoms with Gasteiger partial charge in [0.1, 0.15) is 5.56 Å². The average molecular weight is 452 g/mol. The second-order valence-electron chi connectivity index (χ2n) is 8.74. The van der Waals surface area contributed by atoms with Crippen LogP contribution in [0.4, 0.5) is 0 Å². The largest absolute Gasteiger partial charge is 0.379 e. The van der Waals surface area contributed by atoms with Crippen LogP contribution >= 0.6 is 0 Å². The van der Waals surface area contributed by atoms with E-state index >= 15 is 0 Å². The maximum Gasteiger partial charge on any atom is 0.279 e. The molecule has 0 atom stereocenters. The summed E-state index contributed by atoms with van der Waals surface area (Å²) >= 11 is 0. The van der Waals surface area contributed by atoms with Gasteiger partial charge >= 0.3 is 0 Å². The number of aromatic nitrogens is 3. The monoisotopic (exact) mass is 451 g/mol. The third kappa shape index (κ3) is 5.02. The van der Waals surface area contributed by atoms with Crippen LogP contribution in [0.5, 0.6) is 0 Å². The van der Waals surface area contributed by atoms with Crippen LogP contribution in [0.3, 0.4) is 0 Å². The van der Waals surface area contributed by atoms with E-state index in [0.29, 0.717) is 37.5 Å². The van der Waals surface area contributed by atoms with E-state index in [4.69, 9.17) is 4.74 Å². The van der Waals surface area contributed by atoms with E-state index in [-0.39, 0.29) is 17.6 Å². The Labute approximate surface area is 194 Å². The molecule has 0 saturated carbocycles. The number of nitrogens with one attached hydrogen (secondary N) is 1. The zero-order chi connectivity index (χ0) is 23.4. The van der Waals surface area contributed by atoms with Crippen molar-refractivity contribution >= 4 is 11.6 Å². The highest BCUT2D eigenvalue weighted by molar-refractivity contribution is 5.99. The quantitative estimate of drug-likeness (QED) is 0.506.